The average Bonchev–Trinajstić information content (AvgIpc) is 2.75. The van der Waals surface area contributed by atoms with Gasteiger partial charge < -0.3 is 25.4 Å². The molecule has 3 N–H and O–H groups in total. The van der Waals surface area contributed by atoms with E-state index in [1.165, 1.54) is 5.56 Å². The highest BCUT2D eigenvalue weighted by Crippen LogP contribution is 2.39. The minimum atomic E-state index is -0.879. The normalized spacial score (nSPS) is 21.6. The van der Waals surface area contributed by atoms with Crippen molar-refractivity contribution in [2.45, 2.75) is 44.6 Å². The summed E-state index contributed by atoms with van der Waals surface area (Å²) in [5, 5.41) is 9.16. The SMILES string of the molecule is CN1CCOc2ccccc2CCCCC2(CCN(C(=O)[C@H](N)CO)CC2)C1=O. The second-order valence-corrected chi connectivity index (χ2v) is 8.28. The molecule has 1 aromatic rings. The van der Waals surface area contributed by atoms with E-state index in [2.05, 4.69) is 6.07 Å². The van der Waals surface area contributed by atoms with Gasteiger partial charge in [0.05, 0.1) is 18.6 Å². The Balaban J connectivity index is 1.71. The van der Waals surface area contributed by atoms with Gasteiger partial charge in [0, 0.05) is 20.1 Å². The summed E-state index contributed by atoms with van der Waals surface area (Å²) in [4.78, 5) is 29.1. The predicted molar refractivity (Wildman–Crippen MR) is 110 cm³/mol. The van der Waals surface area contributed by atoms with Crippen molar-refractivity contribution < 1.29 is 19.4 Å². The molecule has 160 valence electrons. The number of aryl methyl sites for hydroxylation is 1. The number of amides is 2. The highest BCUT2D eigenvalue weighted by Gasteiger charge is 2.43. The van der Waals surface area contributed by atoms with Crippen molar-refractivity contribution in [3.8, 4) is 5.75 Å². The molecule has 2 heterocycles. The Morgan fingerprint density at radius 3 is 2.66 bits per heavy atom. The molecule has 1 fully saturated rings. The number of carbonyl (C=O) groups is 2. The average molecular weight is 404 g/mol. The summed E-state index contributed by atoms with van der Waals surface area (Å²) in [6, 6.07) is 7.24. The monoisotopic (exact) mass is 403 g/mol. The third-order valence-corrected chi connectivity index (χ3v) is 6.35. The molecule has 0 radical (unpaired) electrons. The maximum atomic E-state index is 13.4. The Bertz CT molecular complexity index is 716. The molecular weight excluding hydrogens is 370 g/mol. The van der Waals surface area contributed by atoms with E-state index in [0.717, 1.165) is 31.4 Å². The van der Waals surface area contributed by atoms with Crippen molar-refractivity contribution in [2.75, 3.05) is 39.9 Å². The fourth-order valence-electron chi connectivity index (χ4n) is 4.47. The number of aliphatic hydroxyl groups is 1. The molecule has 1 spiro atoms. The van der Waals surface area contributed by atoms with Crippen LogP contribution in [0, 0.1) is 5.41 Å². The van der Waals surface area contributed by atoms with Crippen LogP contribution in [0.3, 0.4) is 0 Å². The van der Waals surface area contributed by atoms with Crippen LogP contribution in [-0.4, -0.2) is 72.7 Å². The topological polar surface area (TPSA) is 96.1 Å². The molecular formula is C22H33N3O4. The molecule has 0 saturated carbocycles. The Hall–Kier alpha value is -2.12. The first kappa shape index (κ1) is 21.6. The van der Waals surface area contributed by atoms with E-state index in [-0.39, 0.29) is 18.4 Å². The predicted octanol–water partition coefficient (Wildman–Crippen LogP) is 1.18. The lowest BCUT2D eigenvalue weighted by Crippen LogP contribution is -2.54. The maximum absolute atomic E-state index is 13.4. The van der Waals surface area contributed by atoms with E-state index in [9.17, 15) is 9.59 Å². The number of rotatable bonds is 2. The minimum Gasteiger partial charge on any atom is -0.491 e. The van der Waals surface area contributed by atoms with Crippen LogP contribution < -0.4 is 10.5 Å². The van der Waals surface area contributed by atoms with Crippen LogP contribution >= 0.6 is 0 Å². The number of piperidine rings is 1. The summed E-state index contributed by atoms with van der Waals surface area (Å²) >= 11 is 0. The van der Waals surface area contributed by atoms with Crippen LogP contribution in [0.4, 0.5) is 0 Å². The second-order valence-electron chi connectivity index (χ2n) is 8.28. The van der Waals surface area contributed by atoms with Gasteiger partial charge in [0.15, 0.2) is 0 Å². The first-order chi connectivity index (χ1) is 14.0. The molecule has 2 aliphatic rings. The largest absolute Gasteiger partial charge is 0.491 e. The number of fused-ring (bicyclic) bond motifs is 1. The van der Waals surface area contributed by atoms with E-state index >= 15 is 0 Å². The number of carbonyl (C=O) groups excluding carboxylic acids is 2. The van der Waals surface area contributed by atoms with Crippen molar-refractivity contribution in [3.05, 3.63) is 29.8 Å². The summed E-state index contributed by atoms with van der Waals surface area (Å²) in [5.74, 6) is 0.825. The van der Waals surface area contributed by atoms with Crippen molar-refractivity contribution in [1.82, 2.24) is 9.80 Å². The fraction of sp³-hybridized carbons (Fsp3) is 0.636. The summed E-state index contributed by atoms with van der Waals surface area (Å²) in [6.45, 7) is 1.65. The van der Waals surface area contributed by atoms with Gasteiger partial charge in [-0.1, -0.05) is 24.6 Å². The van der Waals surface area contributed by atoms with Gasteiger partial charge in [-0.2, -0.15) is 0 Å². The van der Waals surface area contributed by atoms with Crippen LogP contribution in [0.15, 0.2) is 24.3 Å². The zero-order valence-electron chi connectivity index (χ0n) is 17.3. The Morgan fingerprint density at radius 2 is 1.93 bits per heavy atom. The van der Waals surface area contributed by atoms with Crippen LogP contribution in [0.1, 0.15) is 37.7 Å². The van der Waals surface area contributed by atoms with Gasteiger partial charge in [0.2, 0.25) is 11.8 Å². The molecule has 0 unspecified atom stereocenters. The molecule has 29 heavy (non-hydrogen) atoms. The Morgan fingerprint density at radius 1 is 1.21 bits per heavy atom. The quantitative estimate of drug-likeness (QED) is 0.773. The summed E-state index contributed by atoms with van der Waals surface area (Å²) < 4.78 is 5.96. The maximum Gasteiger partial charge on any atom is 0.241 e. The van der Waals surface area contributed by atoms with Crippen LogP contribution in [-0.2, 0) is 16.0 Å². The van der Waals surface area contributed by atoms with Crippen molar-refractivity contribution >= 4 is 11.8 Å². The van der Waals surface area contributed by atoms with Gasteiger partial charge in [0.1, 0.15) is 18.4 Å². The summed E-state index contributed by atoms with van der Waals surface area (Å²) in [6.07, 6.45) is 4.99. The number of hydrogen-bond acceptors (Lipinski definition) is 5. The number of nitrogens with two attached hydrogens (primary N) is 1. The Labute approximate surface area is 172 Å². The molecule has 3 rings (SSSR count). The number of likely N-dealkylation sites (tertiary alicyclic amines) is 1. The number of aliphatic hydroxyl groups excluding tert-OH is 1. The molecule has 7 heteroatoms. The van der Waals surface area contributed by atoms with Gasteiger partial charge in [-0.3, -0.25) is 9.59 Å². The molecule has 1 saturated heterocycles. The third kappa shape index (κ3) is 4.90. The van der Waals surface area contributed by atoms with Crippen molar-refractivity contribution in [1.29, 1.82) is 0 Å². The number of hydrogen-bond donors (Lipinski definition) is 2. The van der Waals surface area contributed by atoms with Crippen LogP contribution in [0.5, 0.6) is 5.75 Å². The lowest BCUT2D eigenvalue weighted by atomic mass is 9.73. The van der Waals surface area contributed by atoms with Crippen LogP contribution in [0.25, 0.3) is 0 Å². The van der Waals surface area contributed by atoms with E-state index < -0.39 is 11.5 Å². The molecule has 1 atom stereocenters. The van der Waals surface area contributed by atoms with Crippen molar-refractivity contribution in [2.24, 2.45) is 11.1 Å². The van der Waals surface area contributed by atoms with E-state index in [0.29, 0.717) is 39.1 Å². The van der Waals surface area contributed by atoms with E-state index in [1.54, 1.807) is 9.80 Å². The van der Waals surface area contributed by atoms with Gasteiger partial charge in [-0.15, -0.1) is 0 Å². The minimum absolute atomic E-state index is 0.147. The number of benzene rings is 1. The van der Waals surface area contributed by atoms with Gasteiger partial charge in [-0.25, -0.2) is 0 Å². The highest BCUT2D eigenvalue weighted by molar-refractivity contribution is 5.84. The van der Waals surface area contributed by atoms with E-state index in [1.807, 2.05) is 25.2 Å². The zero-order valence-corrected chi connectivity index (χ0v) is 17.3. The molecule has 0 aromatic heterocycles. The summed E-state index contributed by atoms with van der Waals surface area (Å²) in [5.41, 5.74) is 6.47. The van der Waals surface area contributed by atoms with Crippen LogP contribution in [0.2, 0.25) is 0 Å². The number of nitrogens with zero attached hydrogens (tertiary/aromatic N) is 2. The third-order valence-electron chi connectivity index (χ3n) is 6.35. The summed E-state index contributed by atoms with van der Waals surface area (Å²) in [7, 11) is 1.84. The van der Waals surface area contributed by atoms with Crippen molar-refractivity contribution in [3.63, 3.8) is 0 Å². The molecule has 0 aliphatic carbocycles. The molecule has 2 aliphatic heterocycles. The first-order valence-electron chi connectivity index (χ1n) is 10.6. The Kier molecular flexibility index (Phi) is 7.14. The number of likely N-dealkylation sites (N-methyl/N-ethyl adjacent to an activating group) is 1. The standard InChI is InChI=1S/C22H33N3O4/c1-24-14-15-29-19-8-3-2-6-17(19)7-4-5-9-22(21(24)28)10-12-25(13-11-22)20(27)18(23)16-26/h2-3,6,8,18,26H,4-5,7,9-16,23H2,1H3/t18-/m1/s1. The van der Waals surface area contributed by atoms with E-state index in [4.69, 9.17) is 15.6 Å². The second kappa shape index (κ2) is 9.59. The smallest absolute Gasteiger partial charge is 0.241 e. The molecule has 2 amide bonds. The fourth-order valence-corrected chi connectivity index (χ4v) is 4.47. The zero-order chi connectivity index (χ0) is 20.9. The number of ether oxygens (including phenoxy) is 1. The first-order valence-corrected chi connectivity index (χ1v) is 10.6. The molecule has 1 aromatic carbocycles. The molecule has 0 bridgehead atoms. The lowest BCUT2D eigenvalue weighted by Gasteiger charge is -2.43. The van der Waals surface area contributed by atoms with Gasteiger partial charge in [0.25, 0.3) is 0 Å². The number of para-hydroxylation sites is 1. The highest BCUT2D eigenvalue weighted by atomic mass is 16.5. The van der Waals surface area contributed by atoms with Gasteiger partial charge in [-0.05, 0) is 43.7 Å². The molecule has 7 nitrogen and oxygen atoms in total. The van der Waals surface area contributed by atoms with Gasteiger partial charge >= 0.3 is 0 Å². The lowest BCUT2D eigenvalue weighted by molar-refractivity contribution is -0.148.